The number of likely N-dealkylation sites (tertiary alicyclic amines) is 1. The Morgan fingerprint density at radius 1 is 1.12 bits per heavy atom. The molecule has 2 amide bonds. The quantitative estimate of drug-likeness (QED) is 0.810. The average molecular weight is 355 g/mol. The van der Waals surface area contributed by atoms with Gasteiger partial charge in [0.25, 0.3) is 5.91 Å². The number of amides is 2. The number of piperazine rings is 1. The Balaban J connectivity index is 1.27. The van der Waals surface area contributed by atoms with Crippen LogP contribution in [0, 0.1) is 12.8 Å². The lowest BCUT2D eigenvalue weighted by molar-refractivity contribution is -0.140. The van der Waals surface area contributed by atoms with Gasteiger partial charge in [0, 0.05) is 51.5 Å². The zero-order chi connectivity index (χ0) is 18.1. The summed E-state index contributed by atoms with van der Waals surface area (Å²) in [5.41, 5.74) is 0.303. The number of aromatic nitrogens is 2. The maximum Gasteiger partial charge on any atom is 0.276 e. The zero-order valence-corrected chi connectivity index (χ0v) is 14.7. The summed E-state index contributed by atoms with van der Waals surface area (Å²) in [6, 6.07) is 7.47. The van der Waals surface area contributed by atoms with Crippen molar-refractivity contribution < 1.29 is 14.1 Å². The molecule has 136 valence electrons. The zero-order valence-electron chi connectivity index (χ0n) is 14.7. The van der Waals surface area contributed by atoms with Crippen molar-refractivity contribution in [2.75, 3.05) is 44.2 Å². The molecule has 2 fully saturated rings. The van der Waals surface area contributed by atoms with Crippen LogP contribution in [0.15, 0.2) is 35.0 Å². The molecule has 2 aliphatic heterocycles. The minimum atomic E-state index is -0.175. The fraction of sp³-hybridized carbons (Fsp3) is 0.444. The monoisotopic (exact) mass is 355 g/mol. The number of pyridine rings is 1. The van der Waals surface area contributed by atoms with Crippen LogP contribution in [0.3, 0.4) is 0 Å². The van der Waals surface area contributed by atoms with E-state index in [1.165, 1.54) is 0 Å². The molecule has 0 atom stereocenters. The van der Waals surface area contributed by atoms with Crippen molar-refractivity contribution in [3.05, 3.63) is 41.9 Å². The number of aryl methyl sites for hydroxylation is 1. The van der Waals surface area contributed by atoms with Crippen LogP contribution in [0.1, 0.15) is 16.2 Å². The Kier molecular flexibility index (Phi) is 4.32. The van der Waals surface area contributed by atoms with Crippen LogP contribution in [-0.2, 0) is 4.79 Å². The molecule has 4 heterocycles. The van der Waals surface area contributed by atoms with Crippen LogP contribution in [0.2, 0.25) is 0 Å². The van der Waals surface area contributed by atoms with E-state index in [0.29, 0.717) is 37.6 Å². The van der Waals surface area contributed by atoms with Crippen LogP contribution in [0.5, 0.6) is 0 Å². The third kappa shape index (κ3) is 3.14. The van der Waals surface area contributed by atoms with Gasteiger partial charge in [-0.2, -0.15) is 0 Å². The van der Waals surface area contributed by atoms with Crippen molar-refractivity contribution >= 4 is 17.6 Å². The second-order valence-electron chi connectivity index (χ2n) is 6.73. The highest BCUT2D eigenvalue weighted by molar-refractivity contribution is 5.94. The smallest absolute Gasteiger partial charge is 0.276 e. The van der Waals surface area contributed by atoms with Gasteiger partial charge < -0.3 is 19.2 Å². The van der Waals surface area contributed by atoms with E-state index in [4.69, 9.17) is 4.52 Å². The van der Waals surface area contributed by atoms with E-state index in [0.717, 1.165) is 18.9 Å². The van der Waals surface area contributed by atoms with Crippen LogP contribution < -0.4 is 4.90 Å². The number of anilines is 1. The Labute approximate surface area is 151 Å². The summed E-state index contributed by atoms with van der Waals surface area (Å²) in [6.07, 6.45) is 1.78. The van der Waals surface area contributed by atoms with Gasteiger partial charge in [-0.3, -0.25) is 9.59 Å². The van der Waals surface area contributed by atoms with Gasteiger partial charge >= 0.3 is 0 Å². The molecule has 2 saturated heterocycles. The summed E-state index contributed by atoms with van der Waals surface area (Å²) in [7, 11) is 0. The molecule has 26 heavy (non-hydrogen) atoms. The first-order valence-electron chi connectivity index (χ1n) is 8.79. The molecule has 0 aromatic carbocycles. The summed E-state index contributed by atoms with van der Waals surface area (Å²) in [5, 5.41) is 3.74. The number of carbonyl (C=O) groups is 2. The van der Waals surface area contributed by atoms with E-state index in [1.54, 1.807) is 24.1 Å². The van der Waals surface area contributed by atoms with Gasteiger partial charge in [0.05, 0.1) is 5.92 Å². The third-order valence-electron chi connectivity index (χ3n) is 4.93. The van der Waals surface area contributed by atoms with Crippen molar-refractivity contribution in [1.82, 2.24) is 19.9 Å². The molecular formula is C18H21N5O3. The molecule has 0 spiro atoms. The Morgan fingerprint density at radius 3 is 2.50 bits per heavy atom. The maximum atomic E-state index is 12.7. The van der Waals surface area contributed by atoms with Crippen LogP contribution in [0.25, 0.3) is 0 Å². The highest BCUT2D eigenvalue weighted by Crippen LogP contribution is 2.22. The molecule has 0 unspecified atom stereocenters. The highest BCUT2D eigenvalue weighted by Gasteiger charge is 2.39. The van der Waals surface area contributed by atoms with E-state index in [1.807, 2.05) is 23.1 Å². The van der Waals surface area contributed by atoms with Crippen molar-refractivity contribution in [3.8, 4) is 0 Å². The Hall–Kier alpha value is -2.90. The minimum Gasteiger partial charge on any atom is -0.361 e. The molecular weight excluding hydrogens is 334 g/mol. The molecule has 2 aromatic heterocycles. The largest absolute Gasteiger partial charge is 0.361 e. The van der Waals surface area contributed by atoms with Crippen LogP contribution >= 0.6 is 0 Å². The van der Waals surface area contributed by atoms with Crippen molar-refractivity contribution in [3.63, 3.8) is 0 Å². The van der Waals surface area contributed by atoms with Gasteiger partial charge in [0.15, 0.2) is 5.69 Å². The first kappa shape index (κ1) is 16.6. The van der Waals surface area contributed by atoms with Crippen LogP contribution in [0.4, 0.5) is 5.82 Å². The first-order chi connectivity index (χ1) is 12.6. The normalized spacial score (nSPS) is 18.0. The number of hydrogen-bond acceptors (Lipinski definition) is 6. The summed E-state index contributed by atoms with van der Waals surface area (Å²) in [4.78, 5) is 35.0. The van der Waals surface area contributed by atoms with E-state index in [2.05, 4.69) is 15.0 Å². The summed E-state index contributed by atoms with van der Waals surface area (Å²) in [6.45, 7) is 5.56. The first-order valence-corrected chi connectivity index (χ1v) is 8.79. The molecule has 0 aliphatic carbocycles. The van der Waals surface area contributed by atoms with Gasteiger partial charge in [0.1, 0.15) is 11.6 Å². The van der Waals surface area contributed by atoms with E-state index in [9.17, 15) is 9.59 Å². The number of hydrogen-bond donors (Lipinski definition) is 0. The molecule has 0 saturated carbocycles. The molecule has 2 aromatic rings. The summed E-state index contributed by atoms with van der Waals surface area (Å²) in [5.74, 6) is 1.39. The standard InChI is InChI=1S/C18H21N5O3/c1-13-10-15(20-26-13)18(25)23-11-14(12-23)17(24)22-8-6-21(7-9-22)16-4-2-3-5-19-16/h2-5,10,14H,6-9,11-12H2,1H3. The highest BCUT2D eigenvalue weighted by atomic mass is 16.5. The maximum absolute atomic E-state index is 12.7. The van der Waals surface area contributed by atoms with Crippen molar-refractivity contribution in [1.29, 1.82) is 0 Å². The Bertz CT molecular complexity index is 792. The lowest BCUT2D eigenvalue weighted by Gasteiger charge is -2.42. The molecule has 8 nitrogen and oxygen atoms in total. The van der Waals surface area contributed by atoms with Gasteiger partial charge in [-0.05, 0) is 19.1 Å². The van der Waals surface area contributed by atoms with Gasteiger partial charge in [0.2, 0.25) is 5.91 Å². The molecule has 0 N–H and O–H groups in total. The minimum absolute atomic E-state index is 0.117. The van der Waals surface area contributed by atoms with Crippen molar-refractivity contribution in [2.45, 2.75) is 6.92 Å². The second kappa shape index (κ2) is 6.78. The van der Waals surface area contributed by atoms with E-state index < -0.39 is 0 Å². The predicted octanol–water partition coefficient (Wildman–Crippen LogP) is 0.799. The van der Waals surface area contributed by atoms with E-state index >= 15 is 0 Å². The molecule has 0 radical (unpaired) electrons. The number of carbonyl (C=O) groups excluding carboxylic acids is 2. The fourth-order valence-electron chi connectivity index (χ4n) is 3.38. The predicted molar refractivity (Wildman–Crippen MR) is 93.7 cm³/mol. The lowest BCUT2D eigenvalue weighted by Crippen LogP contribution is -2.59. The molecule has 2 aliphatic rings. The third-order valence-corrected chi connectivity index (χ3v) is 4.93. The van der Waals surface area contributed by atoms with Gasteiger partial charge in [-0.1, -0.05) is 11.2 Å². The summed E-state index contributed by atoms with van der Waals surface area (Å²) < 4.78 is 4.94. The fourth-order valence-corrected chi connectivity index (χ4v) is 3.38. The summed E-state index contributed by atoms with van der Waals surface area (Å²) >= 11 is 0. The van der Waals surface area contributed by atoms with Crippen LogP contribution in [-0.4, -0.2) is 71.0 Å². The number of rotatable bonds is 3. The molecule has 0 bridgehead atoms. The topological polar surface area (TPSA) is 82.8 Å². The van der Waals surface area contributed by atoms with Gasteiger partial charge in [-0.25, -0.2) is 4.98 Å². The second-order valence-corrected chi connectivity index (χ2v) is 6.73. The average Bonchev–Trinajstić information content (AvgIpc) is 3.07. The molecule has 8 heteroatoms. The van der Waals surface area contributed by atoms with Gasteiger partial charge in [-0.15, -0.1) is 0 Å². The molecule has 4 rings (SSSR count). The lowest BCUT2D eigenvalue weighted by atomic mass is 9.97. The Morgan fingerprint density at radius 2 is 1.88 bits per heavy atom. The SMILES string of the molecule is Cc1cc(C(=O)N2CC(C(=O)N3CCN(c4ccccn4)CC3)C2)no1. The number of nitrogens with zero attached hydrogens (tertiary/aromatic N) is 5. The van der Waals surface area contributed by atoms with E-state index in [-0.39, 0.29) is 17.7 Å². The van der Waals surface area contributed by atoms with Crippen molar-refractivity contribution in [2.24, 2.45) is 5.92 Å².